The second kappa shape index (κ2) is 9.04. The number of amides is 1. The SMILES string of the molecule is CCCn1c(SCC(=O)Nc2ccccc2C(F)(F)F)nnc1-c1ccc(Br)o1. The minimum Gasteiger partial charge on any atom is -0.446 e. The molecule has 3 rings (SSSR count). The summed E-state index contributed by atoms with van der Waals surface area (Å²) >= 11 is 4.33. The van der Waals surface area contributed by atoms with Gasteiger partial charge in [0.2, 0.25) is 11.7 Å². The largest absolute Gasteiger partial charge is 0.446 e. The normalized spacial score (nSPS) is 11.6. The van der Waals surface area contributed by atoms with Gasteiger partial charge in [0.05, 0.1) is 17.0 Å². The van der Waals surface area contributed by atoms with E-state index in [1.807, 2.05) is 11.5 Å². The van der Waals surface area contributed by atoms with E-state index in [2.05, 4.69) is 31.4 Å². The fraction of sp³-hybridized carbons (Fsp3) is 0.278. The fourth-order valence-corrected chi connectivity index (χ4v) is 3.66. The molecule has 6 nitrogen and oxygen atoms in total. The average molecular weight is 489 g/mol. The van der Waals surface area contributed by atoms with Crippen LogP contribution in [0.25, 0.3) is 11.6 Å². The Morgan fingerprint density at radius 3 is 2.66 bits per heavy atom. The molecule has 1 aromatic carbocycles. The van der Waals surface area contributed by atoms with Crippen LogP contribution in [-0.4, -0.2) is 26.4 Å². The highest BCUT2D eigenvalue weighted by Crippen LogP contribution is 2.34. The molecular weight excluding hydrogens is 473 g/mol. The van der Waals surface area contributed by atoms with Crippen molar-refractivity contribution >= 4 is 39.3 Å². The number of furan rings is 1. The van der Waals surface area contributed by atoms with Crippen molar-refractivity contribution in [2.24, 2.45) is 0 Å². The molecule has 0 bridgehead atoms. The van der Waals surface area contributed by atoms with Gasteiger partial charge in [0.1, 0.15) is 0 Å². The molecule has 0 atom stereocenters. The van der Waals surface area contributed by atoms with E-state index in [9.17, 15) is 18.0 Å². The van der Waals surface area contributed by atoms with E-state index in [0.717, 1.165) is 24.2 Å². The Morgan fingerprint density at radius 1 is 1.24 bits per heavy atom. The van der Waals surface area contributed by atoms with E-state index in [4.69, 9.17) is 4.42 Å². The monoisotopic (exact) mass is 488 g/mol. The molecule has 2 heterocycles. The zero-order valence-corrected chi connectivity index (χ0v) is 17.6. The minimum absolute atomic E-state index is 0.115. The number of hydrogen-bond donors (Lipinski definition) is 1. The van der Waals surface area contributed by atoms with Crippen molar-refractivity contribution in [3.8, 4) is 11.6 Å². The number of anilines is 1. The summed E-state index contributed by atoms with van der Waals surface area (Å²) in [7, 11) is 0. The van der Waals surface area contributed by atoms with E-state index in [1.54, 1.807) is 12.1 Å². The molecule has 0 saturated carbocycles. The van der Waals surface area contributed by atoms with Crippen LogP contribution in [0.1, 0.15) is 18.9 Å². The van der Waals surface area contributed by atoms with Gasteiger partial charge < -0.3 is 9.73 Å². The summed E-state index contributed by atoms with van der Waals surface area (Å²) in [6.07, 6.45) is -3.75. The molecule has 3 aromatic rings. The molecule has 0 spiro atoms. The lowest BCUT2D eigenvalue weighted by molar-refractivity contribution is -0.137. The van der Waals surface area contributed by atoms with Crippen molar-refractivity contribution in [2.75, 3.05) is 11.1 Å². The van der Waals surface area contributed by atoms with Gasteiger partial charge in [-0.3, -0.25) is 9.36 Å². The number of thioether (sulfide) groups is 1. The van der Waals surface area contributed by atoms with E-state index < -0.39 is 17.6 Å². The first-order chi connectivity index (χ1) is 13.8. The topological polar surface area (TPSA) is 73.0 Å². The predicted octanol–water partition coefficient (Wildman–Crippen LogP) is 5.46. The van der Waals surface area contributed by atoms with E-state index >= 15 is 0 Å². The van der Waals surface area contributed by atoms with E-state index in [0.29, 0.717) is 28.0 Å². The smallest absolute Gasteiger partial charge is 0.418 e. The lowest BCUT2D eigenvalue weighted by Crippen LogP contribution is -2.18. The van der Waals surface area contributed by atoms with Gasteiger partial charge in [-0.1, -0.05) is 30.8 Å². The van der Waals surface area contributed by atoms with Crippen LogP contribution in [-0.2, 0) is 17.5 Å². The molecule has 1 N–H and O–H groups in total. The Hall–Kier alpha value is -2.27. The molecule has 0 aliphatic carbocycles. The van der Waals surface area contributed by atoms with Crippen LogP contribution in [0.4, 0.5) is 18.9 Å². The van der Waals surface area contributed by atoms with Crippen molar-refractivity contribution in [3.63, 3.8) is 0 Å². The summed E-state index contributed by atoms with van der Waals surface area (Å²) < 4.78 is 47.1. The quantitative estimate of drug-likeness (QED) is 0.447. The summed E-state index contributed by atoms with van der Waals surface area (Å²) in [5.74, 6) is 0.353. The van der Waals surface area contributed by atoms with Crippen LogP contribution in [0.3, 0.4) is 0 Å². The molecule has 154 valence electrons. The van der Waals surface area contributed by atoms with Crippen LogP contribution >= 0.6 is 27.7 Å². The number of carbonyl (C=O) groups is 1. The second-order valence-corrected chi connectivity index (χ2v) is 7.67. The third-order valence-electron chi connectivity index (χ3n) is 3.80. The van der Waals surface area contributed by atoms with Crippen LogP contribution in [0, 0.1) is 0 Å². The molecule has 0 aliphatic heterocycles. The van der Waals surface area contributed by atoms with Crippen molar-refractivity contribution in [3.05, 3.63) is 46.6 Å². The van der Waals surface area contributed by atoms with Gasteiger partial charge in [0.15, 0.2) is 15.6 Å². The number of hydrogen-bond acceptors (Lipinski definition) is 5. The van der Waals surface area contributed by atoms with Crippen molar-refractivity contribution in [2.45, 2.75) is 31.2 Å². The molecular formula is C18H16BrF3N4O2S. The van der Waals surface area contributed by atoms with Gasteiger partial charge in [-0.15, -0.1) is 10.2 Å². The van der Waals surface area contributed by atoms with E-state index in [1.165, 1.54) is 18.2 Å². The summed E-state index contributed by atoms with van der Waals surface area (Å²) in [4.78, 5) is 12.2. The van der Waals surface area contributed by atoms with Crippen molar-refractivity contribution in [1.82, 2.24) is 14.8 Å². The standard InChI is InChI=1S/C18H16BrF3N4O2S/c1-2-9-26-16(13-7-8-14(19)28-13)24-25-17(26)29-10-15(27)23-12-6-4-3-5-11(12)18(20,21)22/h3-8H,2,9-10H2,1H3,(H,23,27). The number of nitrogens with one attached hydrogen (secondary N) is 1. The number of benzene rings is 1. The first-order valence-electron chi connectivity index (χ1n) is 8.57. The maximum Gasteiger partial charge on any atom is 0.418 e. The van der Waals surface area contributed by atoms with Crippen LogP contribution < -0.4 is 5.32 Å². The zero-order valence-electron chi connectivity index (χ0n) is 15.2. The molecule has 0 unspecified atom stereocenters. The third-order valence-corrected chi connectivity index (χ3v) is 5.19. The summed E-state index contributed by atoms with van der Waals surface area (Å²) in [5, 5.41) is 11.0. The van der Waals surface area contributed by atoms with Crippen LogP contribution in [0.5, 0.6) is 0 Å². The summed E-state index contributed by atoms with van der Waals surface area (Å²) in [5.41, 5.74) is -1.17. The van der Waals surface area contributed by atoms with Gasteiger partial charge in [0, 0.05) is 6.54 Å². The average Bonchev–Trinajstić information content (AvgIpc) is 3.26. The number of carbonyl (C=O) groups excluding carboxylic acids is 1. The maximum absolute atomic E-state index is 13.1. The number of para-hydroxylation sites is 1. The first kappa shape index (κ1) is 21.4. The van der Waals surface area contributed by atoms with Gasteiger partial charge in [-0.05, 0) is 46.6 Å². The highest BCUT2D eigenvalue weighted by atomic mass is 79.9. The highest BCUT2D eigenvalue weighted by Gasteiger charge is 2.33. The molecule has 2 aromatic heterocycles. The number of aromatic nitrogens is 3. The molecule has 0 saturated heterocycles. The van der Waals surface area contributed by atoms with Crippen molar-refractivity contribution in [1.29, 1.82) is 0 Å². The molecule has 0 radical (unpaired) electrons. The molecule has 0 fully saturated rings. The van der Waals surface area contributed by atoms with Crippen molar-refractivity contribution < 1.29 is 22.4 Å². The number of nitrogens with zero attached hydrogens (tertiary/aromatic N) is 3. The summed E-state index contributed by atoms with van der Waals surface area (Å²) in [6, 6.07) is 8.33. The Labute approximate surface area is 177 Å². The minimum atomic E-state index is -4.55. The van der Waals surface area contributed by atoms with Crippen LogP contribution in [0.2, 0.25) is 0 Å². The molecule has 29 heavy (non-hydrogen) atoms. The lowest BCUT2D eigenvalue weighted by Gasteiger charge is -2.13. The Balaban J connectivity index is 1.72. The van der Waals surface area contributed by atoms with Gasteiger partial charge in [0.25, 0.3) is 0 Å². The van der Waals surface area contributed by atoms with Crippen LogP contribution in [0.15, 0.2) is 50.6 Å². The number of alkyl halides is 3. The predicted molar refractivity (Wildman–Crippen MR) is 107 cm³/mol. The third kappa shape index (κ3) is 5.21. The molecule has 0 aliphatic rings. The second-order valence-electron chi connectivity index (χ2n) is 5.94. The number of halogens is 4. The maximum atomic E-state index is 13.1. The fourth-order valence-electron chi connectivity index (χ4n) is 2.59. The van der Waals surface area contributed by atoms with Gasteiger partial charge >= 0.3 is 6.18 Å². The zero-order chi connectivity index (χ0) is 21.0. The van der Waals surface area contributed by atoms with Gasteiger partial charge in [-0.2, -0.15) is 13.2 Å². The van der Waals surface area contributed by atoms with E-state index in [-0.39, 0.29) is 11.4 Å². The Bertz CT molecular complexity index is 1000. The Morgan fingerprint density at radius 2 is 2.00 bits per heavy atom. The first-order valence-corrected chi connectivity index (χ1v) is 10.3. The molecule has 1 amide bonds. The highest BCUT2D eigenvalue weighted by molar-refractivity contribution is 9.10. The summed E-state index contributed by atoms with van der Waals surface area (Å²) in [6.45, 7) is 2.58. The Kier molecular flexibility index (Phi) is 6.68. The molecule has 11 heteroatoms. The lowest BCUT2D eigenvalue weighted by atomic mass is 10.1. The number of rotatable bonds is 7. The van der Waals surface area contributed by atoms with Gasteiger partial charge in [-0.25, -0.2) is 0 Å².